The number of carbonyl (C=O) groups excluding carboxylic acids is 1. The van der Waals surface area contributed by atoms with Gasteiger partial charge in [-0.2, -0.15) is 0 Å². The Hall–Kier alpha value is -0.570. The van der Waals surface area contributed by atoms with Crippen molar-refractivity contribution in [3.05, 3.63) is 0 Å². The van der Waals surface area contributed by atoms with Crippen LogP contribution in [0.1, 0.15) is 26.7 Å². The first-order chi connectivity index (χ1) is 6.00. The van der Waals surface area contributed by atoms with Crippen molar-refractivity contribution in [3.8, 4) is 0 Å². The molecule has 3 nitrogen and oxygen atoms in total. The van der Waals surface area contributed by atoms with Crippen LogP contribution in [0.2, 0.25) is 0 Å². The first kappa shape index (κ1) is 10.5. The summed E-state index contributed by atoms with van der Waals surface area (Å²) in [6.45, 7) is 4.07. The lowest BCUT2D eigenvalue weighted by Gasteiger charge is -2.32. The highest BCUT2D eigenvalue weighted by Crippen LogP contribution is 2.25. The second-order valence-corrected chi connectivity index (χ2v) is 4.16. The van der Waals surface area contributed by atoms with Crippen molar-refractivity contribution >= 4 is 5.91 Å². The Kier molecular flexibility index (Phi) is 3.31. The lowest BCUT2D eigenvalue weighted by Crippen LogP contribution is -2.38. The molecule has 0 aromatic carbocycles. The van der Waals surface area contributed by atoms with Gasteiger partial charge in [0.2, 0.25) is 5.91 Å². The second kappa shape index (κ2) is 4.09. The molecule has 13 heavy (non-hydrogen) atoms. The lowest BCUT2D eigenvalue weighted by atomic mass is 9.91. The zero-order valence-electron chi connectivity index (χ0n) is 8.91. The van der Waals surface area contributed by atoms with Crippen LogP contribution >= 0.6 is 0 Å². The van der Waals surface area contributed by atoms with Crippen LogP contribution in [0.15, 0.2) is 0 Å². The first-order valence-electron chi connectivity index (χ1n) is 4.87. The van der Waals surface area contributed by atoms with Crippen LogP contribution in [0.3, 0.4) is 0 Å². The quantitative estimate of drug-likeness (QED) is 0.616. The van der Waals surface area contributed by atoms with Gasteiger partial charge in [-0.1, -0.05) is 0 Å². The molecule has 3 heteroatoms. The van der Waals surface area contributed by atoms with Crippen molar-refractivity contribution in [1.29, 1.82) is 0 Å². The molecule has 1 saturated heterocycles. The van der Waals surface area contributed by atoms with Crippen molar-refractivity contribution < 1.29 is 9.53 Å². The molecule has 0 saturated carbocycles. The van der Waals surface area contributed by atoms with Gasteiger partial charge in [-0.15, -0.1) is 0 Å². The molecule has 0 aliphatic carbocycles. The minimum absolute atomic E-state index is 0.161. The fourth-order valence-corrected chi connectivity index (χ4v) is 1.97. The molecule has 2 unspecified atom stereocenters. The molecule has 0 aromatic heterocycles. The van der Waals surface area contributed by atoms with E-state index in [-0.39, 0.29) is 24.0 Å². The third kappa shape index (κ3) is 2.69. The van der Waals surface area contributed by atoms with E-state index in [1.54, 1.807) is 4.90 Å². The summed E-state index contributed by atoms with van der Waals surface area (Å²) in [6.07, 6.45) is 2.16. The summed E-state index contributed by atoms with van der Waals surface area (Å²) in [4.78, 5) is 13.3. The molecular formula is C10H19NO2. The fraction of sp³-hybridized carbons (Fsp3) is 0.900. The van der Waals surface area contributed by atoms with Crippen LogP contribution < -0.4 is 0 Å². The molecule has 1 amide bonds. The molecule has 76 valence electrons. The lowest BCUT2D eigenvalue weighted by molar-refractivity contribution is -0.141. The zero-order valence-corrected chi connectivity index (χ0v) is 8.91. The average molecular weight is 185 g/mol. The van der Waals surface area contributed by atoms with Crippen LogP contribution in [-0.4, -0.2) is 37.1 Å². The smallest absolute Gasteiger partial charge is 0.225 e. The van der Waals surface area contributed by atoms with E-state index in [4.69, 9.17) is 4.74 Å². The first-order valence-corrected chi connectivity index (χ1v) is 4.87. The predicted molar refractivity (Wildman–Crippen MR) is 51.4 cm³/mol. The SMILES string of the molecule is CC1CC(C(=O)N(C)C)CC(C)O1. The summed E-state index contributed by atoms with van der Waals surface area (Å²) < 4.78 is 5.58. The highest BCUT2D eigenvalue weighted by atomic mass is 16.5. The van der Waals surface area contributed by atoms with Crippen molar-refractivity contribution in [2.24, 2.45) is 5.92 Å². The van der Waals surface area contributed by atoms with Gasteiger partial charge in [0.05, 0.1) is 12.2 Å². The molecule has 1 fully saturated rings. The Bertz CT molecular complexity index is 181. The fourth-order valence-electron chi connectivity index (χ4n) is 1.97. The van der Waals surface area contributed by atoms with Crippen molar-refractivity contribution in [1.82, 2.24) is 4.90 Å². The second-order valence-electron chi connectivity index (χ2n) is 4.16. The van der Waals surface area contributed by atoms with Gasteiger partial charge in [0, 0.05) is 20.0 Å². The van der Waals surface area contributed by atoms with Gasteiger partial charge in [0.1, 0.15) is 0 Å². The molecule has 1 aliphatic heterocycles. The molecule has 0 spiro atoms. The zero-order chi connectivity index (χ0) is 10.0. The van der Waals surface area contributed by atoms with E-state index in [9.17, 15) is 4.79 Å². The number of rotatable bonds is 1. The topological polar surface area (TPSA) is 29.5 Å². The molecule has 2 atom stereocenters. The van der Waals surface area contributed by atoms with Crippen LogP contribution in [-0.2, 0) is 9.53 Å². The third-order valence-electron chi connectivity index (χ3n) is 2.49. The van der Waals surface area contributed by atoms with Crippen molar-refractivity contribution in [2.45, 2.75) is 38.9 Å². The number of hydrogen-bond donors (Lipinski definition) is 0. The molecule has 1 rings (SSSR count). The highest BCUT2D eigenvalue weighted by molar-refractivity contribution is 5.78. The van der Waals surface area contributed by atoms with E-state index >= 15 is 0 Å². The highest BCUT2D eigenvalue weighted by Gasteiger charge is 2.30. The Balaban J connectivity index is 2.55. The van der Waals surface area contributed by atoms with E-state index in [1.807, 2.05) is 27.9 Å². The van der Waals surface area contributed by atoms with Crippen LogP contribution in [0.5, 0.6) is 0 Å². The van der Waals surface area contributed by atoms with E-state index < -0.39 is 0 Å². The number of nitrogens with zero attached hydrogens (tertiary/aromatic N) is 1. The minimum Gasteiger partial charge on any atom is -0.376 e. The van der Waals surface area contributed by atoms with Gasteiger partial charge in [-0.25, -0.2) is 0 Å². The molecular weight excluding hydrogens is 166 g/mol. The monoisotopic (exact) mass is 185 g/mol. The van der Waals surface area contributed by atoms with Gasteiger partial charge in [0.25, 0.3) is 0 Å². The maximum Gasteiger partial charge on any atom is 0.225 e. The summed E-state index contributed by atoms with van der Waals surface area (Å²) in [5, 5.41) is 0. The summed E-state index contributed by atoms with van der Waals surface area (Å²) in [7, 11) is 3.63. The Labute approximate surface area is 80.1 Å². The van der Waals surface area contributed by atoms with Gasteiger partial charge >= 0.3 is 0 Å². The summed E-state index contributed by atoms with van der Waals surface area (Å²) in [6, 6.07) is 0. The van der Waals surface area contributed by atoms with Gasteiger partial charge in [0.15, 0.2) is 0 Å². The Morgan fingerprint density at radius 3 is 2.08 bits per heavy atom. The third-order valence-corrected chi connectivity index (χ3v) is 2.49. The van der Waals surface area contributed by atoms with E-state index in [0.717, 1.165) is 12.8 Å². The normalized spacial score (nSPS) is 34.3. The van der Waals surface area contributed by atoms with Gasteiger partial charge in [-0.05, 0) is 26.7 Å². The number of carbonyl (C=O) groups is 1. The molecule has 1 heterocycles. The number of ether oxygens (including phenoxy) is 1. The molecule has 0 N–H and O–H groups in total. The van der Waals surface area contributed by atoms with Crippen LogP contribution in [0.4, 0.5) is 0 Å². The maximum absolute atomic E-state index is 11.7. The average Bonchev–Trinajstić information content (AvgIpc) is 2.01. The van der Waals surface area contributed by atoms with Gasteiger partial charge in [-0.3, -0.25) is 4.79 Å². The van der Waals surface area contributed by atoms with Gasteiger partial charge < -0.3 is 9.64 Å². The minimum atomic E-state index is 0.161. The molecule has 0 bridgehead atoms. The van der Waals surface area contributed by atoms with Crippen molar-refractivity contribution in [2.75, 3.05) is 14.1 Å². The maximum atomic E-state index is 11.7. The number of amides is 1. The Morgan fingerprint density at radius 2 is 1.69 bits per heavy atom. The van der Waals surface area contributed by atoms with Crippen LogP contribution in [0.25, 0.3) is 0 Å². The molecule has 1 aliphatic rings. The van der Waals surface area contributed by atoms with Crippen LogP contribution in [0, 0.1) is 5.92 Å². The standard InChI is InChI=1S/C10H19NO2/c1-7-5-9(6-8(2)13-7)10(12)11(3)4/h7-9H,5-6H2,1-4H3. The summed E-state index contributed by atoms with van der Waals surface area (Å²) in [5.41, 5.74) is 0. The van der Waals surface area contributed by atoms with E-state index in [0.29, 0.717) is 0 Å². The summed E-state index contributed by atoms with van der Waals surface area (Å²) >= 11 is 0. The van der Waals surface area contributed by atoms with E-state index in [2.05, 4.69) is 0 Å². The van der Waals surface area contributed by atoms with Crippen molar-refractivity contribution in [3.63, 3.8) is 0 Å². The Morgan fingerprint density at radius 1 is 1.23 bits per heavy atom. The van der Waals surface area contributed by atoms with E-state index in [1.165, 1.54) is 0 Å². The summed E-state index contributed by atoms with van der Waals surface area (Å²) in [5.74, 6) is 0.399. The largest absolute Gasteiger partial charge is 0.376 e. The molecule has 0 radical (unpaired) electrons. The number of hydrogen-bond acceptors (Lipinski definition) is 2. The molecule has 0 aromatic rings. The predicted octanol–water partition coefficient (Wildman–Crippen LogP) is 1.28.